The minimum Gasteiger partial charge on any atom is -0.488 e. The number of thiol groups is 1. The third kappa shape index (κ3) is 4.17. The Morgan fingerprint density at radius 1 is 1.20 bits per heavy atom. The smallest absolute Gasteiger partial charge is 0.120 e. The molecular weight excluding hydrogens is 204 g/mol. The van der Waals surface area contributed by atoms with Crippen LogP contribution in [0.4, 0.5) is 0 Å². The van der Waals surface area contributed by atoms with Gasteiger partial charge in [-0.05, 0) is 44.9 Å². The summed E-state index contributed by atoms with van der Waals surface area (Å²) in [6.07, 6.45) is 1.04. The van der Waals surface area contributed by atoms with E-state index in [-0.39, 0.29) is 5.60 Å². The van der Waals surface area contributed by atoms with Gasteiger partial charge in [-0.2, -0.15) is 12.6 Å². The molecule has 0 amide bonds. The molecule has 15 heavy (non-hydrogen) atoms. The van der Waals surface area contributed by atoms with Gasteiger partial charge >= 0.3 is 0 Å². The molecule has 84 valence electrons. The maximum Gasteiger partial charge on any atom is 0.120 e. The molecule has 0 heterocycles. The van der Waals surface area contributed by atoms with Crippen LogP contribution < -0.4 is 4.74 Å². The summed E-state index contributed by atoms with van der Waals surface area (Å²) in [4.78, 5) is 0. The van der Waals surface area contributed by atoms with Gasteiger partial charge in [0.15, 0.2) is 0 Å². The van der Waals surface area contributed by atoms with E-state index in [1.54, 1.807) is 0 Å². The lowest BCUT2D eigenvalue weighted by atomic mass is 10.1. The van der Waals surface area contributed by atoms with Crippen molar-refractivity contribution in [2.75, 3.05) is 0 Å². The molecule has 0 bridgehead atoms. The first-order chi connectivity index (χ1) is 6.92. The Morgan fingerprint density at radius 2 is 1.73 bits per heavy atom. The maximum absolute atomic E-state index is 5.75. The second kappa shape index (κ2) is 4.93. The van der Waals surface area contributed by atoms with E-state index in [1.807, 2.05) is 32.9 Å². The lowest BCUT2D eigenvalue weighted by Gasteiger charge is -2.21. The SMILES string of the molecule is CCC(S)c1ccc(OC(C)(C)C)cc1. The van der Waals surface area contributed by atoms with E-state index in [9.17, 15) is 0 Å². The van der Waals surface area contributed by atoms with Crippen LogP contribution in [-0.2, 0) is 0 Å². The third-order valence-electron chi connectivity index (χ3n) is 2.08. The topological polar surface area (TPSA) is 9.23 Å². The Morgan fingerprint density at radius 3 is 2.13 bits per heavy atom. The standard InChI is InChI=1S/C13H20OS/c1-5-12(15)10-6-8-11(9-7-10)14-13(2,3)4/h6-9,12,15H,5H2,1-4H3. The highest BCUT2D eigenvalue weighted by molar-refractivity contribution is 7.80. The van der Waals surface area contributed by atoms with Crippen LogP contribution in [0.25, 0.3) is 0 Å². The van der Waals surface area contributed by atoms with Gasteiger partial charge in [0.25, 0.3) is 0 Å². The van der Waals surface area contributed by atoms with E-state index in [1.165, 1.54) is 5.56 Å². The highest BCUT2D eigenvalue weighted by atomic mass is 32.1. The highest BCUT2D eigenvalue weighted by Crippen LogP contribution is 2.26. The zero-order valence-electron chi connectivity index (χ0n) is 9.95. The zero-order valence-corrected chi connectivity index (χ0v) is 10.8. The van der Waals surface area contributed by atoms with Crippen molar-refractivity contribution in [3.63, 3.8) is 0 Å². The number of rotatable bonds is 3. The molecule has 0 aliphatic rings. The van der Waals surface area contributed by atoms with Gasteiger partial charge in [-0.3, -0.25) is 0 Å². The average Bonchev–Trinajstić information content (AvgIpc) is 2.15. The van der Waals surface area contributed by atoms with Crippen molar-refractivity contribution in [3.05, 3.63) is 29.8 Å². The predicted molar refractivity (Wildman–Crippen MR) is 68.8 cm³/mol. The summed E-state index contributed by atoms with van der Waals surface area (Å²) in [6.45, 7) is 8.29. The molecule has 1 rings (SSSR count). The van der Waals surface area contributed by atoms with Gasteiger partial charge in [0.2, 0.25) is 0 Å². The average molecular weight is 224 g/mol. The molecule has 0 saturated heterocycles. The largest absolute Gasteiger partial charge is 0.488 e. The Balaban J connectivity index is 2.72. The maximum atomic E-state index is 5.75. The van der Waals surface area contributed by atoms with Crippen molar-refractivity contribution in [1.82, 2.24) is 0 Å². The first-order valence-corrected chi connectivity index (χ1v) is 5.91. The van der Waals surface area contributed by atoms with E-state index in [0.717, 1.165) is 12.2 Å². The van der Waals surface area contributed by atoms with Gasteiger partial charge in [0.1, 0.15) is 11.4 Å². The molecule has 2 heteroatoms. The molecule has 0 aliphatic heterocycles. The fourth-order valence-corrected chi connectivity index (χ4v) is 1.52. The van der Waals surface area contributed by atoms with Gasteiger partial charge in [-0.1, -0.05) is 19.1 Å². The Bertz CT molecular complexity index is 297. The second-order valence-electron chi connectivity index (χ2n) is 4.71. The monoisotopic (exact) mass is 224 g/mol. The van der Waals surface area contributed by atoms with Crippen molar-refractivity contribution in [3.8, 4) is 5.75 Å². The second-order valence-corrected chi connectivity index (χ2v) is 5.33. The molecule has 0 N–H and O–H groups in total. The Hall–Kier alpha value is -0.630. The summed E-state index contributed by atoms with van der Waals surface area (Å²) in [5.74, 6) is 0.919. The molecule has 1 unspecified atom stereocenters. The molecule has 1 atom stereocenters. The molecule has 1 nitrogen and oxygen atoms in total. The van der Waals surface area contributed by atoms with Crippen LogP contribution in [0, 0.1) is 0 Å². The number of benzene rings is 1. The summed E-state index contributed by atoms with van der Waals surface area (Å²) in [6, 6.07) is 8.20. The number of ether oxygens (including phenoxy) is 1. The van der Waals surface area contributed by atoms with E-state index in [0.29, 0.717) is 5.25 Å². The molecule has 0 radical (unpaired) electrons. The van der Waals surface area contributed by atoms with Gasteiger partial charge in [-0.25, -0.2) is 0 Å². The highest BCUT2D eigenvalue weighted by Gasteiger charge is 2.11. The lowest BCUT2D eigenvalue weighted by Crippen LogP contribution is -2.22. The zero-order chi connectivity index (χ0) is 11.5. The first kappa shape index (κ1) is 12.4. The van der Waals surface area contributed by atoms with Crippen LogP contribution in [0.2, 0.25) is 0 Å². The molecule has 1 aromatic carbocycles. The van der Waals surface area contributed by atoms with E-state index >= 15 is 0 Å². The van der Waals surface area contributed by atoms with Crippen LogP contribution in [0.1, 0.15) is 44.9 Å². The Kier molecular flexibility index (Phi) is 4.09. The minimum absolute atomic E-state index is 0.132. The predicted octanol–water partition coefficient (Wildman–Crippen LogP) is 4.24. The van der Waals surface area contributed by atoms with Crippen molar-refractivity contribution in [1.29, 1.82) is 0 Å². The Labute approximate surface area is 98.3 Å². The normalized spacial score (nSPS) is 13.7. The number of hydrogen-bond acceptors (Lipinski definition) is 2. The van der Waals surface area contributed by atoms with Gasteiger partial charge < -0.3 is 4.74 Å². The molecule has 0 fully saturated rings. The van der Waals surface area contributed by atoms with E-state index < -0.39 is 0 Å². The van der Waals surface area contributed by atoms with Gasteiger partial charge in [-0.15, -0.1) is 0 Å². The van der Waals surface area contributed by atoms with E-state index in [4.69, 9.17) is 4.74 Å². The van der Waals surface area contributed by atoms with Crippen LogP contribution in [0.3, 0.4) is 0 Å². The molecule has 0 saturated carbocycles. The summed E-state index contributed by atoms with van der Waals surface area (Å²) in [5, 5.41) is 0.327. The van der Waals surface area contributed by atoms with Gasteiger partial charge in [0.05, 0.1) is 0 Å². The molecule has 1 aromatic rings. The minimum atomic E-state index is -0.132. The van der Waals surface area contributed by atoms with Gasteiger partial charge in [0, 0.05) is 5.25 Å². The van der Waals surface area contributed by atoms with Crippen molar-refractivity contribution in [2.45, 2.75) is 45.0 Å². The molecule has 0 aliphatic carbocycles. The summed E-state index contributed by atoms with van der Waals surface area (Å²) in [5.41, 5.74) is 1.12. The summed E-state index contributed by atoms with van der Waals surface area (Å²) < 4.78 is 5.75. The number of hydrogen-bond donors (Lipinski definition) is 1. The quantitative estimate of drug-likeness (QED) is 0.755. The molecule has 0 spiro atoms. The molecular formula is C13H20OS. The lowest BCUT2D eigenvalue weighted by molar-refractivity contribution is 0.131. The summed E-state index contributed by atoms with van der Waals surface area (Å²) in [7, 11) is 0. The van der Waals surface area contributed by atoms with Crippen LogP contribution in [0.15, 0.2) is 24.3 Å². The fraction of sp³-hybridized carbons (Fsp3) is 0.538. The fourth-order valence-electron chi connectivity index (χ4n) is 1.35. The van der Waals surface area contributed by atoms with Crippen LogP contribution >= 0.6 is 12.6 Å². The van der Waals surface area contributed by atoms with E-state index in [2.05, 4.69) is 31.7 Å². The third-order valence-corrected chi connectivity index (χ3v) is 2.74. The summed E-state index contributed by atoms with van der Waals surface area (Å²) >= 11 is 4.50. The van der Waals surface area contributed by atoms with Crippen molar-refractivity contribution in [2.24, 2.45) is 0 Å². The van der Waals surface area contributed by atoms with Crippen LogP contribution in [0.5, 0.6) is 5.75 Å². The van der Waals surface area contributed by atoms with Crippen LogP contribution in [-0.4, -0.2) is 5.60 Å². The molecule has 0 aromatic heterocycles. The first-order valence-electron chi connectivity index (χ1n) is 5.39. The van der Waals surface area contributed by atoms with Crippen molar-refractivity contribution < 1.29 is 4.74 Å². The van der Waals surface area contributed by atoms with Crippen molar-refractivity contribution >= 4 is 12.6 Å².